The molecule has 1 unspecified atom stereocenters. The molecular weight excluding hydrogens is 214 g/mol. The molecule has 1 saturated heterocycles. The summed E-state index contributed by atoms with van der Waals surface area (Å²) >= 11 is 0. The Kier molecular flexibility index (Phi) is 3.38. The molecule has 4 heteroatoms. The van der Waals surface area contributed by atoms with Crippen LogP contribution in [0.15, 0.2) is 18.3 Å². The Bertz CT molecular complexity index is 464. The van der Waals surface area contributed by atoms with Crippen molar-refractivity contribution >= 4 is 5.91 Å². The Morgan fingerprint density at radius 2 is 2.41 bits per heavy atom. The number of rotatable bonds is 1. The van der Waals surface area contributed by atoms with Crippen LogP contribution in [0.3, 0.4) is 0 Å². The van der Waals surface area contributed by atoms with Crippen LogP contribution in [0.2, 0.25) is 0 Å². The Hall–Kier alpha value is -1.89. The molecular formula is C13H15N3O. The highest BCUT2D eigenvalue weighted by atomic mass is 16.2. The zero-order valence-electron chi connectivity index (χ0n) is 9.89. The van der Waals surface area contributed by atoms with Crippen molar-refractivity contribution < 1.29 is 4.79 Å². The topological polar surface area (TPSA) is 57.0 Å². The number of aryl methyl sites for hydroxylation is 1. The molecule has 1 fully saturated rings. The zero-order valence-corrected chi connectivity index (χ0v) is 9.89. The summed E-state index contributed by atoms with van der Waals surface area (Å²) in [5, 5.41) is 9.06. The lowest BCUT2D eigenvalue weighted by Crippen LogP contribution is -2.43. The maximum atomic E-state index is 12.3. The number of piperidine rings is 1. The van der Waals surface area contributed by atoms with E-state index in [0.29, 0.717) is 12.2 Å². The number of hydrogen-bond acceptors (Lipinski definition) is 3. The van der Waals surface area contributed by atoms with E-state index in [2.05, 4.69) is 11.1 Å². The number of nitriles is 1. The first-order valence-corrected chi connectivity index (χ1v) is 5.86. The molecule has 0 saturated carbocycles. The van der Waals surface area contributed by atoms with E-state index in [1.54, 1.807) is 11.1 Å². The number of likely N-dealkylation sites (tertiary alicyclic amines) is 1. The SMILES string of the molecule is Cc1cccnc1C(=O)N1CCCCC1C#N. The molecule has 0 aliphatic carbocycles. The minimum Gasteiger partial charge on any atom is -0.321 e. The predicted molar refractivity (Wildman–Crippen MR) is 63.3 cm³/mol. The first-order valence-electron chi connectivity index (χ1n) is 5.86. The van der Waals surface area contributed by atoms with Crippen molar-refractivity contribution in [1.82, 2.24) is 9.88 Å². The van der Waals surface area contributed by atoms with Crippen molar-refractivity contribution in [2.75, 3.05) is 6.54 Å². The molecule has 0 N–H and O–H groups in total. The molecule has 1 aliphatic rings. The summed E-state index contributed by atoms with van der Waals surface area (Å²) in [4.78, 5) is 18.1. The van der Waals surface area contributed by atoms with Gasteiger partial charge in [0.2, 0.25) is 0 Å². The quantitative estimate of drug-likeness (QED) is 0.739. The van der Waals surface area contributed by atoms with E-state index in [1.165, 1.54) is 0 Å². The first kappa shape index (κ1) is 11.6. The fraction of sp³-hybridized carbons (Fsp3) is 0.462. The van der Waals surface area contributed by atoms with Gasteiger partial charge < -0.3 is 4.90 Å². The molecule has 17 heavy (non-hydrogen) atoms. The van der Waals surface area contributed by atoms with Gasteiger partial charge in [-0.3, -0.25) is 9.78 Å². The highest BCUT2D eigenvalue weighted by Crippen LogP contribution is 2.19. The van der Waals surface area contributed by atoms with Crippen molar-refractivity contribution in [3.05, 3.63) is 29.6 Å². The number of hydrogen-bond donors (Lipinski definition) is 0. The average Bonchev–Trinajstić information content (AvgIpc) is 2.38. The fourth-order valence-corrected chi connectivity index (χ4v) is 2.15. The van der Waals surface area contributed by atoms with Crippen LogP contribution in [0.25, 0.3) is 0 Å². The number of carbonyl (C=O) groups is 1. The van der Waals surface area contributed by atoms with Gasteiger partial charge in [0.15, 0.2) is 0 Å². The molecule has 2 rings (SSSR count). The molecule has 1 aromatic heterocycles. The van der Waals surface area contributed by atoms with Gasteiger partial charge in [0, 0.05) is 12.7 Å². The molecule has 2 heterocycles. The lowest BCUT2D eigenvalue weighted by atomic mass is 10.0. The maximum Gasteiger partial charge on any atom is 0.273 e. The van der Waals surface area contributed by atoms with Gasteiger partial charge in [-0.15, -0.1) is 0 Å². The van der Waals surface area contributed by atoms with Crippen molar-refractivity contribution in [3.8, 4) is 6.07 Å². The minimum atomic E-state index is -0.294. The van der Waals surface area contributed by atoms with E-state index in [1.807, 2.05) is 19.1 Å². The summed E-state index contributed by atoms with van der Waals surface area (Å²) in [5.41, 5.74) is 1.33. The van der Waals surface area contributed by atoms with Crippen molar-refractivity contribution in [2.45, 2.75) is 32.2 Å². The Labute approximate surface area is 101 Å². The second-order valence-electron chi connectivity index (χ2n) is 4.31. The smallest absolute Gasteiger partial charge is 0.273 e. The largest absolute Gasteiger partial charge is 0.321 e. The molecule has 1 aromatic rings. The summed E-state index contributed by atoms with van der Waals surface area (Å²) in [6.07, 6.45) is 4.37. The van der Waals surface area contributed by atoms with E-state index >= 15 is 0 Å². The molecule has 0 spiro atoms. The van der Waals surface area contributed by atoms with E-state index in [9.17, 15) is 4.79 Å². The van der Waals surface area contributed by atoms with Crippen LogP contribution in [0.5, 0.6) is 0 Å². The second kappa shape index (κ2) is 4.96. The van der Waals surface area contributed by atoms with Crippen LogP contribution in [-0.4, -0.2) is 28.4 Å². The van der Waals surface area contributed by atoms with Crippen LogP contribution >= 0.6 is 0 Å². The van der Waals surface area contributed by atoms with Crippen LogP contribution < -0.4 is 0 Å². The average molecular weight is 229 g/mol. The molecule has 1 atom stereocenters. The highest BCUT2D eigenvalue weighted by Gasteiger charge is 2.28. The number of carbonyl (C=O) groups excluding carboxylic acids is 1. The van der Waals surface area contributed by atoms with E-state index in [4.69, 9.17) is 5.26 Å². The number of nitrogens with zero attached hydrogens (tertiary/aromatic N) is 3. The maximum absolute atomic E-state index is 12.3. The summed E-state index contributed by atoms with van der Waals surface area (Å²) in [6, 6.07) is 5.58. The number of aromatic nitrogens is 1. The van der Waals surface area contributed by atoms with Crippen molar-refractivity contribution in [2.24, 2.45) is 0 Å². The molecule has 1 amide bonds. The molecule has 88 valence electrons. The van der Waals surface area contributed by atoms with Crippen LogP contribution in [0, 0.1) is 18.3 Å². The van der Waals surface area contributed by atoms with Gasteiger partial charge in [-0.05, 0) is 37.8 Å². The first-order chi connectivity index (χ1) is 8.24. The third-order valence-corrected chi connectivity index (χ3v) is 3.12. The van der Waals surface area contributed by atoms with Gasteiger partial charge in [-0.1, -0.05) is 6.07 Å². The van der Waals surface area contributed by atoms with Gasteiger partial charge in [0.1, 0.15) is 11.7 Å². The summed E-state index contributed by atoms with van der Waals surface area (Å²) in [7, 11) is 0. The van der Waals surface area contributed by atoms with Gasteiger partial charge in [-0.2, -0.15) is 5.26 Å². The molecule has 4 nitrogen and oxygen atoms in total. The number of amides is 1. The summed E-state index contributed by atoms with van der Waals surface area (Å²) in [6.45, 7) is 2.53. The lowest BCUT2D eigenvalue weighted by molar-refractivity contribution is 0.0663. The van der Waals surface area contributed by atoms with Crippen LogP contribution in [0.4, 0.5) is 0 Å². The Balaban J connectivity index is 2.25. The van der Waals surface area contributed by atoms with Gasteiger partial charge in [-0.25, -0.2) is 0 Å². The third-order valence-electron chi connectivity index (χ3n) is 3.12. The fourth-order valence-electron chi connectivity index (χ4n) is 2.15. The van der Waals surface area contributed by atoms with Crippen LogP contribution in [0.1, 0.15) is 35.3 Å². The summed E-state index contributed by atoms with van der Waals surface area (Å²) in [5.74, 6) is -0.116. The third kappa shape index (κ3) is 2.28. The predicted octanol–water partition coefficient (Wildman–Crippen LogP) is 1.91. The number of pyridine rings is 1. The standard InChI is InChI=1S/C13H15N3O/c1-10-5-4-7-15-12(10)13(17)16-8-3-2-6-11(16)9-14/h4-5,7,11H,2-3,6,8H2,1H3. The highest BCUT2D eigenvalue weighted by molar-refractivity contribution is 5.94. The molecule has 1 aliphatic heterocycles. The van der Waals surface area contributed by atoms with Gasteiger partial charge in [0.05, 0.1) is 6.07 Å². The Morgan fingerprint density at radius 1 is 1.59 bits per heavy atom. The van der Waals surface area contributed by atoms with Crippen molar-refractivity contribution in [1.29, 1.82) is 5.26 Å². The Morgan fingerprint density at radius 3 is 3.12 bits per heavy atom. The van der Waals surface area contributed by atoms with Gasteiger partial charge in [0.25, 0.3) is 5.91 Å². The monoisotopic (exact) mass is 229 g/mol. The van der Waals surface area contributed by atoms with Gasteiger partial charge >= 0.3 is 0 Å². The lowest BCUT2D eigenvalue weighted by Gasteiger charge is -2.31. The second-order valence-corrected chi connectivity index (χ2v) is 4.31. The molecule has 0 aromatic carbocycles. The molecule has 0 radical (unpaired) electrons. The van der Waals surface area contributed by atoms with E-state index < -0.39 is 0 Å². The molecule has 0 bridgehead atoms. The minimum absolute atomic E-state index is 0.116. The zero-order chi connectivity index (χ0) is 12.3. The van der Waals surface area contributed by atoms with E-state index in [0.717, 1.165) is 24.8 Å². The van der Waals surface area contributed by atoms with Crippen molar-refractivity contribution in [3.63, 3.8) is 0 Å². The summed E-state index contributed by atoms with van der Waals surface area (Å²) < 4.78 is 0. The normalized spacial score (nSPS) is 19.8. The van der Waals surface area contributed by atoms with Crippen LogP contribution in [-0.2, 0) is 0 Å². The van der Waals surface area contributed by atoms with E-state index in [-0.39, 0.29) is 11.9 Å².